The number of aliphatic hydroxyl groups excluding tert-OH is 7. The van der Waals surface area contributed by atoms with Crippen LogP contribution in [0.3, 0.4) is 0 Å². The van der Waals surface area contributed by atoms with Crippen LogP contribution < -0.4 is 5.32 Å². The minimum absolute atomic E-state index is 0.261. The summed E-state index contributed by atoms with van der Waals surface area (Å²) in [4.78, 5) is 13.1. The molecule has 350 valence electrons. The molecule has 0 aromatic carbocycles. The van der Waals surface area contributed by atoms with Gasteiger partial charge in [0, 0.05) is 0 Å². The standard InChI is InChI=1S/C48H93NO10/c1-3-5-7-9-11-13-15-17-18-19-20-21-22-23-24-26-28-30-32-34-36-41(52)47(57)49-39(38-58-48-46(56)45(55)44(54)42(37-50)59-48)43(53)40(51)35-33-31-29-27-25-16-14-12-10-8-6-4-2/h16,25,39-46,48,50-56H,3-15,17-24,26-38H2,1-2H3,(H,49,57)/b25-16-/t39-,40+,41+,42+,43-,44+,45-,46+,48+/m0/s1. The highest BCUT2D eigenvalue weighted by molar-refractivity contribution is 5.80. The predicted octanol–water partition coefficient (Wildman–Crippen LogP) is 8.45. The molecule has 0 aromatic rings. The van der Waals surface area contributed by atoms with Crippen LogP contribution in [0.15, 0.2) is 12.2 Å². The summed E-state index contributed by atoms with van der Waals surface area (Å²) < 4.78 is 11.1. The van der Waals surface area contributed by atoms with Crippen LogP contribution in [0.4, 0.5) is 0 Å². The molecule has 8 N–H and O–H groups in total. The lowest BCUT2D eigenvalue weighted by Gasteiger charge is -2.40. The molecular formula is C48H93NO10. The van der Waals surface area contributed by atoms with Gasteiger partial charge in [-0.2, -0.15) is 0 Å². The number of carbonyl (C=O) groups is 1. The topological polar surface area (TPSA) is 189 Å². The highest BCUT2D eigenvalue weighted by Crippen LogP contribution is 2.23. The number of carbonyl (C=O) groups excluding carboxylic acids is 1. The molecule has 1 heterocycles. The van der Waals surface area contributed by atoms with E-state index in [4.69, 9.17) is 9.47 Å². The van der Waals surface area contributed by atoms with E-state index in [1.54, 1.807) is 0 Å². The van der Waals surface area contributed by atoms with Gasteiger partial charge in [0.15, 0.2) is 6.29 Å². The molecule has 0 aromatic heterocycles. The Kier molecular flexibility index (Phi) is 36.5. The van der Waals surface area contributed by atoms with E-state index in [-0.39, 0.29) is 12.8 Å². The number of ether oxygens (including phenoxy) is 2. The fourth-order valence-electron chi connectivity index (χ4n) is 7.96. The molecule has 0 radical (unpaired) electrons. The third-order valence-electron chi connectivity index (χ3n) is 12.1. The Hall–Kier alpha value is -1.15. The van der Waals surface area contributed by atoms with Crippen LogP contribution in [0.1, 0.15) is 219 Å². The van der Waals surface area contributed by atoms with Crippen molar-refractivity contribution in [1.82, 2.24) is 5.32 Å². The van der Waals surface area contributed by atoms with Crippen molar-refractivity contribution in [2.24, 2.45) is 0 Å². The SMILES string of the molecule is CCCCCCC/C=C\CCCCC[C@@H](O)[C@@H](O)[C@H](CO[C@@H]1O[C@H](CO)[C@@H](O)[C@H](O)[C@H]1O)NC(=O)[C@H](O)CCCCCCCCCCCCCCCCCCCCCC. The minimum Gasteiger partial charge on any atom is -0.394 e. The molecule has 1 rings (SSSR count). The monoisotopic (exact) mass is 844 g/mol. The lowest BCUT2D eigenvalue weighted by atomic mass is 9.98. The van der Waals surface area contributed by atoms with E-state index >= 15 is 0 Å². The Balaban J connectivity index is 2.38. The molecule has 11 nitrogen and oxygen atoms in total. The fraction of sp³-hybridized carbons (Fsp3) is 0.938. The van der Waals surface area contributed by atoms with Crippen molar-refractivity contribution in [3.63, 3.8) is 0 Å². The van der Waals surface area contributed by atoms with E-state index < -0.39 is 74.2 Å². The molecule has 1 aliphatic heterocycles. The van der Waals surface area contributed by atoms with Crippen LogP contribution in [-0.4, -0.2) is 110 Å². The minimum atomic E-state index is -1.66. The Morgan fingerprint density at radius 2 is 0.983 bits per heavy atom. The second-order valence-electron chi connectivity index (χ2n) is 17.5. The van der Waals surface area contributed by atoms with E-state index in [1.807, 2.05) is 0 Å². The smallest absolute Gasteiger partial charge is 0.249 e. The van der Waals surface area contributed by atoms with Gasteiger partial charge in [-0.25, -0.2) is 0 Å². The van der Waals surface area contributed by atoms with Crippen LogP contribution in [0.25, 0.3) is 0 Å². The van der Waals surface area contributed by atoms with Crippen molar-refractivity contribution in [2.75, 3.05) is 13.2 Å². The number of hydrogen-bond donors (Lipinski definition) is 8. The van der Waals surface area contributed by atoms with E-state index in [1.165, 1.54) is 135 Å². The zero-order valence-electron chi connectivity index (χ0n) is 37.7. The first-order chi connectivity index (χ1) is 28.7. The van der Waals surface area contributed by atoms with Gasteiger partial charge in [-0.1, -0.05) is 193 Å². The van der Waals surface area contributed by atoms with Gasteiger partial charge >= 0.3 is 0 Å². The molecule has 1 saturated heterocycles. The van der Waals surface area contributed by atoms with Crippen LogP contribution in [0.5, 0.6) is 0 Å². The van der Waals surface area contributed by atoms with Gasteiger partial charge in [-0.05, 0) is 38.5 Å². The number of amides is 1. The number of hydrogen-bond acceptors (Lipinski definition) is 10. The third kappa shape index (κ3) is 28.2. The summed E-state index contributed by atoms with van der Waals surface area (Å²) in [5, 5.41) is 75.7. The summed E-state index contributed by atoms with van der Waals surface area (Å²) in [6, 6.07) is -1.17. The summed E-state index contributed by atoms with van der Waals surface area (Å²) in [6.07, 6.45) is 29.8. The van der Waals surface area contributed by atoms with Gasteiger partial charge in [-0.3, -0.25) is 4.79 Å². The first-order valence-corrected chi connectivity index (χ1v) is 24.6. The number of rotatable bonds is 41. The number of unbranched alkanes of at least 4 members (excludes halogenated alkanes) is 27. The molecule has 0 unspecified atom stereocenters. The zero-order valence-corrected chi connectivity index (χ0v) is 37.7. The lowest BCUT2D eigenvalue weighted by molar-refractivity contribution is -0.303. The number of aliphatic hydroxyl groups is 7. The molecule has 0 spiro atoms. The molecule has 0 saturated carbocycles. The molecule has 1 fully saturated rings. The quantitative estimate of drug-likeness (QED) is 0.0219. The predicted molar refractivity (Wildman–Crippen MR) is 238 cm³/mol. The van der Waals surface area contributed by atoms with Gasteiger partial charge in [0.1, 0.15) is 36.6 Å². The first-order valence-electron chi connectivity index (χ1n) is 24.6. The summed E-state index contributed by atoms with van der Waals surface area (Å²) in [5.41, 5.74) is 0. The van der Waals surface area contributed by atoms with Crippen molar-refractivity contribution in [2.45, 2.75) is 274 Å². The molecule has 0 aliphatic carbocycles. The van der Waals surface area contributed by atoms with Crippen molar-refractivity contribution < 1.29 is 50.0 Å². The molecule has 59 heavy (non-hydrogen) atoms. The van der Waals surface area contributed by atoms with Gasteiger partial charge in [-0.15, -0.1) is 0 Å². The Labute approximate surface area is 360 Å². The average molecular weight is 844 g/mol. The van der Waals surface area contributed by atoms with Crippen molar-refractivity contribution in [3.05, 3.63) is 12.2 Å². The summed E-state index contributed by atoms with van der Waals surface area (Å²) in [6.45, 7) is 3.43. The van der Waals surface area contributed by atoms with Gasteiger partial charge in [0.05, 0.1) is 25.4 Å². The molecular weight excluding hydrogens is 751 g/mol. The Bertz CT molecular complexity index is 970. The van der Waals surface area contributed by atoms with Crippen molar-refractivity contribution in [1.29, 1.82) is 0 Å². The van der Waals surface area contributed by atoms with E-state index in [2.05, 4.69) is 31.3 Å². The first kappa shape index (κ1) is 55.9. The average Bonchev–Trinajstić information content (AvgIpc) is 3.23. The third-order valence-corrected chi connectivity index (χ3v) is 12.1. The van der Waals surface area contributed by atoms with E-state index in [0.29, 0.717) is 12.8 Å². The Morgan fingerprint density at radius 3 is 1.44 bits per heavy atom. The zero-order chi connectivity index (χ0) is 43.4. The maximum Gasteiger partial charge on any atom is 0.249 e. The fourth-order valence-corrected chi connectivity index (χ4v) is 7.96. The number of allylic oxidation sites excluding steroid dienone is 2. The van der Waals surface area contributed by atoms with Crippen molar-refractivity contribution >= 4 is 5.91 Å². The largest absolute Gasteiger partial charge is 0.394 e. The second kappa shape index (κ2) is 38.5. The summed E-state index contributed by atoms with van der Waals surface area (Å²) >= 11 is 0. The van der Waals surface area contributed by atoms with Gasteiger partial charge in [0.2, 0.25) is 5.91 Å². The van der Waals surface area contributed by atoms with Crippen LogP contribution in [0.2, 0.25) is 0 Å². The molecule has 9 atom stereocenters. The normalized spacial score (nSPS) is 21.8. The van der Waals surface area contributed by atoms with Crippen LogP contribution >= 0.6 is 0 Å². The molecule has 1 amide bonds. The highest BCUT2D eigenvalue weighted by Gasteiger charge is 2.44. The molecule has 1 aliphatic rings. The number of nitrogens with one attached hydrogen (secondary N) is 1. The van der Waals surface area contributed by atoms with Crippen LogP contribution in [0, 0.1) is 0 Å². The summed E-state index contributed by atoms with van der Waals surface area (Å²) in [7, 11) is 0. The maximum atomic E-state index is 13.1. The van der Waals surface area contributed by atoms with Crippen molar-refractivity contribution in [3.8, 4) is 0 Å². The van der Waals surface area contributed by atoms with E-state index in [9.17, 15) is 40.5 Å². The Morgan fingerprint density at radius 1 is 0.576 bits per heavy atom. The van der Waals surface area contributed by atoms with Gasteiger partial charge in [0.25, 0.3) is 0 Å². The molecule has 11 heteroatoms. The molecule has 0 bridgehead atoms. The van der Waals surface area contributed by atoms with Crippen LogP contribution in [-0.2, 0) is 14.3 Å². The second-order valence-corrected chi connectivity index (χ2v) is 17.5. The van der Waals surface area contributed by atoms with Gasteiger partial charge < -0.3 is 50.5 Å². The maximum absolute atomic E-state index is 13.1. The highest BCUT2D eigenvalue weighted by atomic mass is 16.7. The summed E-state index contributed by atoms with van der Waals surface area (Å²) in [5.74, 6) is -0.700. The lowest BCUT2D eigenvalue weighted by Crippen LogP contribution is -2.60. The van der Waals surface area contributed by atoms with E-state index in [0.717, 1.165) is 44.9 Å².